The molecule has 3 rings (SSSR count). The quantitative estimate of drug-likeness (QED) is 0.779. The van der Waals surface area contributed by atoms with Crippen LogP contribution in [0.3, 0.4) is 0 Å². The number of carbonyl (C=O) groups is 1. The molecule has 0 aromatic heterocycles. The summed E-state index contributed by atoms with van der Waals surface area (Å²) in [5, 5.41) is 3.02. The van der Waals surface area contributed by atoms with Crippen LogP contribution in [0, 0.1) is 6.92 Å². The molecule has 1 aliphatic heterocycles. The first-order valence-corrected chi connectivity index (χ1v) is 9.60. The molecule has 28 heavy (non-hydrogen) atoms. The molecule has 2 amide bonds. The van der Waals surface area contributed by atoms with E-state index in [-0.39, 0.29) is 12.1 Å². The molecule has 6 heteroatoms. The molecule has 6 nitrogen and oxygen atoms in total. The third-order valence-corrected chi connectivity index (χ3v) is 4.99. The maximum Gasteiger partial charge on any atom is 0.322 e. The number of hydrogen-bond acceptors (Lipinski definition) is 4. The van der Waals surface area contributed by atoms with Gasteiger partial charge in [-0.2, -0.15) is 0 Å². The van der Waals surface area contributed by atoms with Gasteiger partial charge >= 0.3 is 6.03 Å². The van der Waals surface area contributed by atoms with Crippen LogP contribution in [-0.2, 0) is 0 Å². The Morgan fingerprint density at radius 3 is 2.68 bits per heavy atom. The highest BCUT2D eigenvalue weighted by atomic mass is 16.5. The standard InChI is InChI=1S/C22H28N2O4/c1-5-28-21-13-15(2)8-11-18(21)23-22(25)24-12-6-7-19(24)17-10-9-16(26-3)14-20(17)27-4/h8-11,13-14,19H,5-7,12H2,1-4H3,(H,23,25). The molecule has 2 aromatic rings. The first kappa shape index (κ1) is 19.9. The first-order chi connectivity index (χ1) is 13.6. The van der Waals surface area contributed by atoms with Gasteiger partial charge in [0, 0.05) is 18.2 Å². The van der Waals surface area contributed by atoms with E-state index < -0.39 is 0 Å². The fourth-order valence-electron chi connectivity index (χ4n) is 3.62. The van der Waals surface area contributed by atoms with Gasteiger partial charge in [0.05, 0.1) is 32.6 Å². The number of ether oxygens (including phenoxy) is 3. The van der Waals surface area contributed by atoms with Crippen LogP contribution in [0.4, 0.5) is 10.5 Å². The van der Waals surface area contributed by atoms with Gasteiger partial charge in [0.1, 0.15) is 17.2 Å². The van der Waals surface area contributed by atoms with Crippen molar-refractivity contribution in [3.63, 3.8) is 0 Å². The predicted molar refractivity (Wildman–Crippen MR) is 110 cm³/mol. The summed E-state index contributed by atoms with van der Waals surface area (Å²) in [4.78, 5) is 14.9. The van der Waals surface area contributed by atoms with Crippen LogP contribution in [0.2, 0.25) is 0 Å². The van der Waals surface area contributed by atoms with Gasteiger partial charge in [-0.15, -0.1) is 0 Å². The number of amides is 2. The molecule has 1 aliphatic rings. The van der Waals surface area contributed by atoms with Gasteiger partial charge in [0.2, 0.25) is 0 Å². The molecule has 0 bridgehead atoms. The molecule has 0 saturated carbocycles. The zero-order chi connectivity index (χ0) is 20.1. The summed E-state index contributed by atoms with van der Waals surface area (Å²) in [6.07, 6.45) is 1.84. The van der Waals surface area contributed by atoms with Gasteiger partial charge in [0.15, 0.2) is 0 Å². The van der Waals surface area contributed by atoms with Crippen LogP contribution in [0.15, 0.2) is 36.4 Å². The highest BCUT2D eigenvalue weighted by Gasteiger charge is 2.32. The average molecular weight is 384 g/mol. The van der Waals surface area contributed by atoms with Crippen molar-refractivity contribution >= 4 is 11.7 Å². The Morgan fingerprint density at radius 1 is 1.14 bits per heavy atom. The van der Waals surface area contributed by atoms with Gasteiger partial charge in [-0.25, -0.2) is 4.79 Å². The van der Waals surface area contributed by atoms with Crippen LogP contribution in [0.1, 0.15) is 36.9 Å². The van der Waals surface area contributed by atoms with E-state index in [9.17, 15) is 4.79 Å². The van der Waals surface area contributed by atoms with Crippen LogP contribution < -0.4 is 19.5 Å². The lowest BCUT2D eigenvalue weighted by Crippen LogP contribution is -2.34. The van der Waals surface area contributed by atoms with Gasteiger partial charge in [0.25, 0.3) is 0 Å². The number of hydrogen-bond donors (Lipinski definition) is 1. The summed E-state index contributed by atoms with van der Waals surface area (Å²) >= 11 is 0. The topological polar surface area (TPSA) is 60.0 Å². The lowest BCUT2D eigenvalue weighted by molar-refractivity contribution is 0.206. The number of aryl methyl sites for hydroxylation is 1. The van der Waals surface area contributed by atoms with Gasteiger partial charge in [-0.3, -0.25) is 0 Å². The number of carbonyl (C=O) groups excluding carboxylic acids is 1. The summed E-state index contributed by atoms with van der Waals surface area (Å²) in [6.45, 7) is 5.17. The minimum Gasteiger partial charge on any atom is -0.497 e. The highest BCUT2D eigenvalue weighted by molar-refractivity contribution is 5.91. The van der Waals surface area contributed by atoms with E-state index >= 15 is 0 Å². The normalized spacial score (nSPS) is 16.0. The number of anilines is 1. The lowest BCUT2D eigenvalue weighted by Gasteiger charge is -2.27. The third kappa shape index (κ3) is 4.16. The molecule has 150 valence electrons. The Bertz CT molecular complexity index is 837. The minimum atomic E-state index is -0.134. The van der Waals surface area contributed by atoms with E-state index in [0.29, 0.717) is 24.6 Å². The molecule has 1 N–H and O–H groups in total. The third-order valence-electron chi connectivity index (χ3n) is 4.99. The van der Waals surface area contributed by atoms with Crippen molar-refractivity contribution in [3.05, 3.63) is 47.5 Å². The maximum atomic E-state index is 13.1. The second kappa shape index (κ2) is 8.87. The lowest BCUT2D eigenvalue weighted by atomic mass is 10.0. The van der Waals surface area contributed by atoms with Crippen LogP contribution >= 0.6 is 0 Å². The van der Waals surface area contributed by atoms with Crippen molar-refractivity contribution in [2.75, 3.05) is 32.7 Å². The Labute approximate surface area is 166 Å². The monoisotopic (exact) mass is 384 g/mol. The molecule has 0 aliphatic carbocycles. The fourth-order valence-corrected chi connectivity index (χ4v) is 3.62. The van der Waals surface area contributed by atoms with Crippen molar-refractivity contribution in [3.8, 4) is 17.2 Å². The summed E-state index contributed by atoms with van der Waals surface area (Å²) in [5.41, 5.74) is 2.76. The van der Waals surface area contributed by atoms with E-state index in [1.165, 1.54) is 0 Å². The first-order valence-electron chi connectivity index (χ1n) is 9.60. The molecule has 1 atom stereocenters. The SMILES string of the molecule is CCOc1cc(C)ccc1NC(=O)N1CCCC1c1ccc(OC)cc1OC. The number of methoxy groups -OCH3 is 2. The molecule has 0 radical (unpaired) electrons. The van der Waals surface area contributed by atoms with E-state index in [2.05, 4.69) is 5.32 Å². The van der Waals surface area contributed by atoms with Crippen molar-refractivity contribution < 1.29 is 19.0 Å². The molecule has 1 saturated heterocycles. The molecule has 2 aromatic carbocycles. The fraction of sp³-hybridized carbons (Fsp3) is 0.409. The van der Waals surface area contributed by atoms with Crippen LogP contribution in [-0.4, -0.2) is 38.3 Å². The number of rotatable bonds is 6. The van der Waals surface area contributed by atoms with Crippen molar-refractivity contribution in [1.82, 2.24) is 4.90 Å². The largest absolute Gasteiger partial charge is 0.497 e. The number of nitrogens with one attached hydrogen (secondary N) is 1. The smallest absolute Gasteiger partial charge is 0.322 e. The minimum absolute atomic E-state index is 0.0400. The van der Waals surface area contributed by atoms with E-state index in [0.717, 1.165) is 35.5 Å². The number of nitrogens with zero attached hydrogens (tertiary/aromatic N) is 1. The van der Waals surface area contributed by atoms with Gasteiger partial charge in [-0.1, -0.05) is 6.07 Å². The Morgan fingerprint density at radius 2 is 1.96 bits per heavy atom. The van der Waals surface area contributed by atoms with E-state index in [1.807, 2.05) is 55.1 Å². The average Bonchev–Trinajstić information content (AvgIpc) is 3.19. The van der Waals surface area contributed by atoms with Crippen molar-refractivity contribution in [2.24, 2.45) is 0 Å². The maximum absolute atomic E-state index is 13.1. The van der Waals surface area contributed by atoms with Crippen LogP contribution in [0.25, 0.3) is 0 Å². The zero-order valence-electron chi connectivity index (χ0n) is 17.0. The summed E-state index contributed by atoms with van der Waals surface area (Å²) in [5.74, 6) is 2.15. The predicted octanol–water partition coefficient (Wildman–Crippen LogP) is 4.78. The highest BCUT2D eigenvalue weighted by Crippen LogP contribution is 2.39. The summed E-state index contributed by atoms with van der Waals surface area (Å²) in [6, 6.07) is 11.4. The Hall–Kier alpha value is -2.89. The molecular weight excluding hydrogens is 356 g/mol. The van der Waals surface area contributed by atoms with Gasteiger partial charge < -0.3 is 24.4 Å². The Balaban J connectivity index is 1.83. The number of benzene rings is 2. The molecule has 0 spiro atoms. The van der Waals surface area contributed by atoms with E-state index in [4.69, 9.17) is 14.2 Å². The van der Waals surface area contributed by atoms with Gasteiger partial charge in [-0.05, 0) is 56.5 Å². The molecular formula is C22H28N2O4. The summed E-state index contributed by atoms with van der Waals surface area (Å²) in [7, 11) is 3.26. The molecule has 1 unspecified atom stereocenters. The summed E-state index contributed by atoms with van der Waals surface area (Å²) < 4.78 is 16.5. The van der Waals surface area contributed by atoms with E-state index in [1.54, 1.807) is 14.2 Å². The van der Waals surface area contributed by atoms with Crippen molar-refractivity contribution in [1.29, 1.82) is 0 Å². The second-order valence-electron chi connectivity index (χ2n) is 6.82. The van der Waals surface area contributed by atoms with Crippen molar-refractivity contribution in [2.45, 2.75) is 32.7 Å². The second-order valence-corrected chi connectivity index (χ2v) is 6.82. The van der Waals surface area contributed by atoms with Crippen LogP contribution in [0.5, 0.6) is 17.2 Å². The molecule has 1 heterocycles. The number of urea groups is 1. The molecule has 1 fully saturated rings. The number of likely N-dealkylation sites (tertiary alicyclic amines) is 1. The Kier molecular flexibility index (Phi) is 6.29. The zero-order valence-corrected chi connectivity index (χ0v) is 17.0.